The zero-order valence-electron chi connectivity index (χ0n) is 13.4. The predicted molar refractivity (Wildman–Crippen MR) is 91.4 cm³/mol. The normalized spacial score (nSPS) is 11.9. The summed E-state index contributed by atoms with van der Waals surface area (Å²) in [4.78, 5) is 24.5. The highest BCUT2D eigenvalue weighted by Crippen LogP contribution is 2.20. The number of amides is 1. The topological polar surface area (TPSA) is 68.5 Å². The Morgan fingerprint density at radius 1 is 1.12 bits per heavy atom. The molecule has 1 heterocycles. The SMILES string of the molecule is COc1ccc2cc(C(=O)N[C@H](C)c3ccccc3)c(=O)oc2c1. The van der Waals surface area contributed by atoms with Gasteiger partial charge in [-0.2, -0.15) is 0 Å². The van der Waals surface area contributed by atoms with Gasteiger partial charge in [-0.25, -0.2) is 4.79 Å². The third-order valence-corrected chi connectivity index (χ3v) is 3.83. The second-order valence-corrected chi connectivity index (χ2v) is 5.46. The quantitative estimate of drug-likeness (QED) is 0.748. The third-order valence-electron chi connectivity index (χ3n) is 3.83. The fraction of sp³-hybridized carbons (Fsp3) is 0.158. The minimum absolute atomic E-state index is 0.0181. The Hall–Kier alpha value is -3.08. The van der Waals surface area contributed by atoms with E-state index in [1.807, 2.05) is 37.3 Å². The van der Waals surface area contributed by atoms with Crippen molar-refractivity contribution in [2.45, 2.75) is 13.0 Å². The largest absolute Gasteiger partial charge is 0.497 e. The molecule has 0 radical (unpaired) electrons. The Labute approximate surface area is 138 Å². The van der Waals surface area contributed by atoms with E-state index in [1.54, 1.807) is 18.2 Å². The molecule has 1 atom stereocenters. The van der Waals surface area contributed by atoms with Gasteiger partial charge in [0.1, 0.15) is 16.9 Å². The van der Waals surface area contributed by atoms with Crippen molar-refractivity contribution >= 4 is 16.9 Å². The van der Waals surface area contributed by atoms with Gasteiger partial charge in [0.25, 0.3) is 5.91 Å². The van der Waals surface area contributed by atoms with Crippen molar-refractivity contribution in [3.63, 3.8) is 0 Å². The molecule has 1 amide bonds. The lowest BCUT2D eigenvalue weighted by molar-refractivity contribution is 0.0936. The Kier molecular flexibility index (Phi) is 4.33. The van der Waals surface area contributed by atoms with E-state index in [0.29, 0.717) is 16.7 Å². The third kappa shape index (κ3) is 3.15. The van der Waals surface area contributed by atoms with E-state index in [2.05, 4.69) is 5.32 Å². The molecular formula is C19H17NO4. The average Bonchev–Trinajstić information content (AvgIpc) is 2.61. The minimum atomic E-state index is -0.673. The standard InChI is InChI=1S/C19H17NO4/c1-12(13-6-4-3-5-7-13)20-18(21)16-10-14-8-9-15(23-2)11-17(14)24-19(16)22/h3-12H,1-2H3,(H,20,21)/t12-/m1/s1. The molecule has 2 aromatic carbocycles. The van der Waals surface area contributed by atoms with Crippen LogP contribution in [0.2, 0.25) is 0 Å². The first-order chi connectivity index (χ1) is 11.6. The summed E-state index contributed by atoms with van der Waals surface area (Å²) in [5.74, 6) is 0.123. The molecule has 0 aliphatic carbocycles. The van der Waals surface area contributed by atoms with Gasteiger partial charge in [0.15, 0.2) is 0 Å². The van der Waals surface area contributed by atoms with Crippen LogP contribution in [0.15, 0.2) is 63.8 Å². The second-order valence-electron chi connectivity index (χ2n) is 5.46. The van der Waals surface area contributed by atoms with Crippen LogP contribution in [-0.2, 0) is 0 Å². The van der Waals surface area contributed by atoms with E-state index in [-0.39, 0.29) is 11.6 Å². The van der Waals surface area contributed by atoms with Crippen LogP contribution in [0.3, 0.4) is 0 Å². The van der Waals surface area contributed by atoms with Crippen molar-refractivity contribution in [1.29, 1.82) is 0 Å². The highest BCUT2D eigenvalue weighted by Gasteiger charge is 2.16. The summed E-state index contributed by atoms with van der Waals surface area (Å²) in [7, 11) is 1.53. The molecule has 0 aliphatic heterocycles. The predicted octanol–water partition coefficient (Wildman–Crippen LogP) is 3.29. The number of benzene rings is 2. The van der Waals surface area contributed by atoms with E-state index < -0.39 is 11.5 Å². The molecule has 0 aliphatic rings. The molecule has 0 bridgehead atoms. The van der Waals surface area contributed by atoms with Gasteiger partial charge in [-0.1, -0.05) is 30.3 Å². The average molecular weight is 323 g/mol. The van der Waals surface area contributed by atoms with Gasteiger partial charge in [-0.15, -0.1) is 0 Å². The number of carbonyl (C=O) groups is 1. The Morgan fingerprint density at radius 2 is 1.88 bits per heavy atom. The number of hydrogen-bond acceptors (Lipinski definition) is 4. The minimum Gasteiger partial charge on any atom is -0.497 e. The molecule has 3 aromatic rings. The van der Waals surface area contributed by atoms with Gasteiger partial charge < -0.3 is 14.5 Å². The summed E-state index contributed by atoms with van der Waals surface area (Å²) in [6, 6.07) is 16.0. The number of fused-ring (bicyclic) bond motifs is 1. The van der Waals surface area contributed by atoms with Gasteiger partial charge in [0.2, 0.25) is 0 Å². The Balaban J connectivity index is 1.89. The van der Waals surface area contributed by atoms with Gasteiger partial charge in [0, 0.05) is 11.5 Å². The van der Waals surface area contributed by atoms with Crippen LogP contribution in [0, 0.1) is 0 Å². The maximum atomic E-state index is 12.4. The summed E-state index contributed by atoms with van der Waals surface area (Å²) < 4.78 is 10.3. The molecule has 0 fully saturated rings. The van der Waals surface area contributed by atoms with Crippen molar-refractivity contribution in [1.82, 2.24) is 5.32 Å². The van der Waals surface area contributed by atoms with Gasteiger partial charge >= 0.3 is 5.63 Å². The van der Waals surface area contributed by atoms with Crippen LogP contribution in [0.4, 0.5) is 0 Å². The monoisotopic (exact) mass is 323 g/mol. The summed E-state index contributed by atoms with van der Waals surface area (Å²) in [5, 5.41) is 3.48. The molecule has 5 heteroatoms. The molecule has 0 spiro atoms. The van der Waals surface area contributed by atoms with Crippen LogP contribution in [0.1, 0.15) is 28.9 Å². The zero-order valence-corrected chi connectivity index (χ0v) is 13.4. The zero-order chi connectivity index (χ0) is 17.1. The smallest absolute Gasteiger partial charge is 0.349 e. The van der Waals surface area contributed by atoms with Crippen molar-refractivity contribution in [3.05, 3.63) is 76.1 Å². The molecule has 24 heavy (non-hydrogen) atoms. The van der Waals surface area contributed by atoms with Crippen LogP contribution < -0.4 is 15.7 Å². The summed E-state index contributed by atoms with van der Waals surface area (Å²) in [6.07, 6.45) is 0. The van der Waals surface area contributed by atoms with E-state index in [9.17, 15) is 9.59 Å². The van der Waals surface area contributed by atoms with Crippen LogP contribution in [0.5, 0.6) is 5.75 Å². The first-order valence-corrected chi connectivity index (χ1v) is 7.56. The van der Waals surface area contributed by atoms with Gasteiger partial charge in [-0.3, -0.25) is 4.79 Å². The fourth-order valence-corrected chi connectivity index (χ4v) is 2.48. The van der Waals surface area contributed by atoms with E-state index in [0.717, 1.165) is 5.56 Å². The fourth-order valence-electron chi connectivity index (χ4n) is 2.48. The van der Waals surface area contributed by atoms with Crippen molar-refractivity contribution in [2.75, 3.05) is 7.11 Å². The number of hydrogen-bond donors (Lipinski definition) is 1. The molecule has 0 saturated heterocycles. The molecule has 0 unspecified atom stereocenters. The van der Waals surface area contributed by atoms with Crippen molar-refractivity contribution in [3.8, 4) is 5.75 Å². The van der Waals surface area contributed by atoms with Crippen molar-refractivity contribution in [2.24, 2.45) is 0 Å². The molecular weight excluding hydrogens is 306 g/mol. The molecule has 0 saturated carbocycles. The molecule has 122 valence electrons. The second kappa shape index (κ2) is 6.58. The summed E-state index contributed by atoms with van der Waals surface area (Å²) in [6.45, 7) is 1.86. The highest BCUT2D eigenvalue weighted by atomic mass is 16.5. The van der Waals surface area contributed by atoms with E-state index in [1.165, 1.54) is 13.2 Å². The first-order valence-electron chi connectivity index (χ1n) is 7.56. The van der Waals surface area contributed by atoms with E-state index >= 15 is 0 Å². The molecule has 5 nitrogen and oxygen atoms in total. The lowest BCUT2D eigenvalue weighted by atomic mass is 10.1. The number of carbonyl (C=O) groups excluding carboxylic acids is 1. The highest BCUT2D eigenvalue weighted by molar-refractivity contribution is 5.96. The molecule has 1 aromatic heterocycles. The van der Waals surface area contributed by atoms with Gasteiger partial charge in [0.05, 0.1) is 13.2 Å². The number of rotatable bonds is 4. The number of methoxy groups -OCH3 is 1. The maximum Gasteiger partial charge on any atom is 0.349 e. The molecule has 1 N–H and O–H groups in total. The number of nitrogens with one attached hydrogen (secondary N) is 1. The summed E-state index contributed by atoms with van der Waals surface area (Å²) in [5.41, 5.74) is 0.650. The lowest BCUT2D eigenvalue weighted by Gasteiger charge is -2.14. The molecule has 3 rings (SSSR count). The van der Waals surface area contributed by atoms with E-state index in [4.69, 9.17) is 9.15 Å². The lowest BCUT2D eigenvalue weighted by Crippen LogP contribution is -2.30. The summed E-state index contributed by atoms with van der Waals surface area (Å²) >= 11 is 0. The van der Waals surface area contributed by atoms with Crippen molar-refractivity contribution < 1.29 is 13.9 Å². The van der Waals surface area contributed by atoms with Crippen LogP contribution >= 0.6 is 0 Å². The maximum absolute atomic E-state index is 12.4. The Bertz CT molecular complexity index is 931. The van der Waals surface area contributed by atoms with Crippen LogP contribution in [0.25, 0.3) is 11.0 Å². The Morgan fingerprint density at radius 3 is 2.58 bits per heavy atom. The first kappa shape index (κ1) is 15.8. The van der Waals surface area contributed by atoms with Crippen LogP contribution in [-0.4, -0.2) is 13.0 Å². The van der Waals surface area contributed by atoms with Gasteiger partial charge in [-0.05, 0) is 30.7 Å². The number of ether oxygens (including phenoxy) is 1.